The Hall–Kier alpha value is -0.850. The van der Waals surface area contributed by atoms with Crippen molar-refractivity contribution < 1.29 is 12.8 Å². The second kappa shape index (κ2) is 7.96. The maximum absolute atomic E-state index is 12.6. The van der Waals surface area contributed by atoms with Crippen LogP contribution in [0.5, 0.6) is 0 Å². The van der Waals surface area contributed by atoms with E-state index in [2.05, 4.69) is 12.2 Å². The fraction of sp³-hybridized carbons (Fsp3) is 0.733. The predicted molar refractivity (Wildman–Crippen MR) is 82.5 cm³/mol. The minimum atomic E-state index is -3.47. The second-order valence-corrected chi connectivity index (χ2v) is 7.44. The van der Waals surface area contributed by atoms with Crippen molar-refractivity contribution in [2.75, 3.05) is 19.6 Å². The largest absolute Gasteiger partial charge is 0.447 e. The molecule has 1 aromatic rings. The van der Waals surface area contributed by atoms with Gasteiger partial charge in [0.25, 0.3) is 10.0 Å². The normalized spacial score (nSPS) is 18.3. The molecule has 5 nitrogen and oxygen atoms in total. The Balaban J connectivity index is 2.03. The Bertz CT molecular complexity index is 517. The van der Waals surface area contributed by atoms with E-state index in [0.29, 0.717) is 25.4 Å². The quantitative estimate of drug-likeness (QED) is 0.820. The van der Waals surface area contributed by atoms with E-state index in [1.54, 1.807) is 16.4 Å². The number of nitrogens with one attached hydrogen (secondary N) is 1. The third-order valence-corrected chi connectivity index (χ3v) is 5.55. The Kier molecular flexibility index (Phi) is 6.26. The summed E-state index contributed by atoms with van der Waals surface area (Å²) in [6.45, 7) is 4.77. The van der Waals surface area contributed by atoms with Crippen LogP contribution in [0.25, 0.3) is 0 Å². The first-order valence-electron chi connectivity index (χ1n) is 7.94. The first-order valence-corrected chi connectivity index (χ1v) is 9.38. The lowest BCUT2D eigenvalue weighted by molar-refractivity contribution is 0.339. The number of furan rings is 1. The molecule has 21 heavy (non-hydrogen) atoms. The predicted octanol–water partition coefficient (Wildman–Crippen LogP) is 2.73. The summed E-state index contributed by atoms with van der Waals surface area (Å²) >= 11 is 0. The SMILES string of the molecule is CCCNCc1ccc(S(=O)(=O)N2CCCCCCC2)o1. The van der Waals surface area contributed by atoms with E-state index in [0.717, 1.165) is 38.6 Å². The van der Waals surface area contributed by atoms with Crippen molar-refractivity contribution in [3.05, 3.63) is 17.9 Å². The minimum Gasteiger partial charge on any atom is -0.447 e. The van der Waals surface area contributed by atoms with Gasteiger partial charge < -0.3 is 9.73 Å². The highest BCUT2D eigenvalue weighted by atomic mass is 32.2. The van der Waals surface area contributed by atoms with Gasteiger partial charge in [-0.05, 0) is 37.9 Å². The van der Waals surface area contributed by atoms with Gasteiger partial charge in [-0.2, -0.15) is 4.31 Å². The highest BCUT2D eigenvalue weighted by Gasteiger charge is 2.27. The van der Waals surface area contributed by atoms with Gasteiger partial charge in [0.2, 0.25) is 5.09 Å². The Morgan fingerprint density at radius 2 is 1.81 bits per heavy atom. The molecule has 2 heterocycles. The summed E-state index contributed by atoms with van der Waals surface area (Å²) in [5.74, 6) is 0.675. The third kappa shape index (κ3) is 4.56. The average molecular weight is 314 g/mol. The van der Waals surface area contributed by atoms with Gasteiger partial charge >= 0.3 is 0 Å². The van der Waals surface area contributed by atoms with Crippen LogP contribution in [0, 0.1) is 0 Å². The molecule has 6 heteroatoms. The Labute approximate surface area is 127 Å². The molecule has 0 spiro atoms. The summed E-state index contributed by atoms with van der Waals surface area (Å²) in [6, 6.07) is 3.33. The maximum atomic E-state index is 12.6. The van der Waals surface area contributed by atoms with Crippen LogP contribution in [0.4, 0.5) is 0 Å². The van der Waals surface area contributed by atoms with E-state index in [4.69, 9.17) is 4.42 Å². The molecule has 1 aromatic heterocycles. The fourth-order valence-electron chi connectivity index (χ4n) is 2.57. The highest BCUT2D eigenvalue weighted by Crippen LogP contribution is 2.22. The highest BCUT2D eigenvalue weighted by molar-refractivity contribution is 7.89. The van der Waals surface area contributed by atoms with Gasteiger partial charge in [0, 0.05) is 13.1 Å². The van der Waals surface area contributed by atoms with Crippen molar-refractivity contribution in [2.24, 2.45) is 0 Å². The van der Waals surface area contributed by atoms with Crippen LogP contribution in [0.15, 0.2) is 21.6 Å². The minimum absolute atomic E-state index is 0.0800. The lowest BCUT2D eigenvalue weighted by Gasteiger charge is -2.22. The first-order chi connectivity index (χ1) is 10.1. The number of sulfonamides is 1. The molecule has 0 bridgehead atoms. The van der Waals surface area contributed by atoms with E-state index in [9.17, 15) is 8.42 Å². The molecule has 1 aliphatic heterocycles. The van der Waals surface area contributed by atoms with Crippen LogP contribution in [0.2, 0.25) is 0 Å². The molecule has 0 radical (unpaired) electrons. The van der Waals surface area contributed by atoms with Gasteiger partial charge in [-0.3, -0.25) is 0 Å². The van der Waals surface area contributed by atoms with Crippen LogP contribution >= 0.6 is 0 Å². The Morgan fingerprint density at radius 1 is 1.14 bits per heavy atom. The lowest BCUT2D eigenvalue weighted by Crippen LogP contribution is -2.33. The van der Waals surface area contributed by atoms with Crippen molar-refractivity contribution in [3.63, 3.8) is 0 Å². The average Bonchev–Trinajstić information content (AvgIpc) is 2.87. The zero-order valence-corrected chi connectivity index (χ0v) is 13.6. The molecule has 0 unspecified atom stereocenters. The van der Waals surface area contributed by atoms with Crippen LogP contribution in [0.1, 0.15) is 51.2 Å². The number of hydrogen-bond acceptors (Lipinski definition) is 4. The second-order valence-electron chi connectivity index (χ2n) is 5.57. The van der Waals surface area contributed by atoms with E-state index >= 15 is 0 Å². The molecule has 2 rings (SSSR count). The zero-order chi connectivity index (χ0) is 15.1. The van der Waals surface area contributed by atoms with Crippen LogP contribution in [0.3, 0.4) is 0 Å². The summed E-state index contributed by atoms with van der Waals surface area (Å²) in [6.07, 6.45) is 6.34. The molecule has 0 amide bonds. The van der Waals surface area contributed by atoms with Gasteiger partial charge in [-0.1, -0.05) is 26.2 Å². The van der Waals surface area contributed by atoms with Crippen molar-refractivity contribution in [1.82, 2.24) is 9.62 Å². The first kappa shape index (κ1) is 16.5. The molecule has 1 N–H and O–H groups in total. The van der Waals surface area contributed by atoms with E-state index < -0.39 is 10.0 Å². The maximum Gasteiger partial charge on any atom is 0.276 e. The standard InChI is InChI=1S/C15H26N2O3S/c1-2-10-16-13-14-8-9-15(20-14)21(18,19)17-11-6-4-3-5-7-12-17/h8-9,16H,2-7,10-13H2,1H3. The third-order valence-electron chi connectivity index (χ3n) is 3.77. The lowest BCUT2D eigenvalue weighted by atomic mass is 10.1. The van der Waals surface area contributed by atoms with Crippen molar-refractivity contribution in [2.45, 2.75) is 57.1 Å². The summed E-state index contributed by atoms with van der Waals surface area (Å²) in [5.41, 5.74) is 0. The molecular weight excluding hydrogens is 288 g/mol. The molecule has 1 aliphatic rings. The van der Waals surface area contributed by atoms with Crippen LogP contribution in [-0.4, -0.2) is 32.4 Å². The molecule has 0 saturated carbocycles. The van der Waals surface area contributed by atoms with Gasteiger partial charge in [0.1, 0.15) is 5.76 Å². The van der Waals surface area contributed by atoms with E-state index in [-0.39, 0.29) is 5.09 Å². The molecule has 0 atom stereocenters. The fourth-order valence-corrected chi connectivity index (χ4v) is 4.01. The summed E-state index contributed by atoms with van der Waals surface area (Å²) in [5, 5.41) is 3.29. The van der Waals surface area contributed by atoms with Crippen LogP contribution in [-0.2, 0) is 16.6 Å². The molecular formula is C15H26N2O3S. The van der Waals surface area contributed by atoms with Gasteiger partial charge in [0.15, 0.2) is 0 Å². The van der Waals surface area contributed by atoms with Gasteiger partial charge in [0.05, 0.1) is 6.54 Å². The molecule has 1 saturated heterocycles. The van der Waals surface area contributed by atoms with Crippen molar-refractivity contribution in [1.29, 1.82) is 0 Å². The summed E-state index contributed by atoms with van der Waals surface area (Å²) in [7, 11) is -3.47. The van der Waals surface area contributed by atoms with E-state index in [1.165, 1.54) is 6.42 Å². The number of rotatable bonds is 6. The smallest absolute Gasteiger partial charge is 0.276 e. The van der Waals surface area contributed by atoms with E-state index in [1.807, 2.05) is 0 Å². The molecule has 120 valence electrons. The molecule has 0 aromatic carbocycles. The molecule has 1 fully saturated rings. The molecule has 0 aliphatic carbocycles. The summed E-state index contributed by atoms with van der Waals surface area (Å²) in [4.78, 5) is 0. The van der Waals surface area contributed by atoms with Gasteiger partial charge in [-0.15, -0.1) is 0 Å². The monoisotopic (exact) mass is 314 g/mol. The van der Waals surface area contributed by atoms with Crippen LogP contribution < -0.4 is 5.32 Å². The number of nitrogens with zero attached hydrogens (tertiary/aromatic N) is 1. The Morgan fingerprint density at radius 3 is 2.48 bits per heavy atom. The number of hydrogen-bond donors (Lipinski definition) is 1. The zero-order valence-electron chi connectivity index (χ0n) is 12.8. The van der Waals surface area contributed by atoms with Crippen molar-refractivity contribution >= 4 is 10.0 Å². The van der Waals surface area contributed by atoms with Crippen molar-refractivity contribution in [3.8, 4) is 0 Å². The summed E-state index contributed by atoms with van der Waals surface area (Å²) < 4.78 is 32.3. The van der Waals surface area contributed by atoms with Gasteiger partial charge in [-0.25, -0.2) is 8.42 Å². The topological polar surface area (TPSA) is 62.6 Å².